The molecule has 0 atom stereocenters. The number of carbonyl (C=O) groups is 1. The van der Waals surface area contributed by atoms with E-state index in [9.17, 15) is 4.79 Å². The van der Waals surface area contributed by atoms with Crippen molar-refractivity contribution in [2.45, 2.75) is 6.92 Å². The van der Waals surface area contributed by atoms with Crippen molar-refractivity contribution in [3.05, 3.63) is 83.5 Å². The summed E-state index contributed by atoms with van der Waals surface area (Å²) in [6.07, 6.45) is 8.65. The van der Waals surface area contributed by atoms with E-state index in [-0.39, 0.29) is 5.91 Å². The number of rotatable bonds is 4. The summed E-state index contributed by atoms with van der Waals surface area (Å²) in [6, 6.07) is 11.3. The molecule has 4 rings (SSSR count). The Morgan fingerprint density at radius 1 is 1.03 bits per heavy atom. The monoisotopic (exact) mass is 403 g/mol. The lowest BCUT2D eigenvalue weighted by atomic mass is 10.0. The Kier molecular flexibility index (Phi) is 5.10. The standard InChI is InChI=1S/C22H18ClN5O/c1-14-7-8-24-12-19(14)22(29)27-21-6-4-16(10-25-21)18-9-15(3-5-20(18)23)17-11-26-28(2)13-17/h3-13H,1-2H3,(H,25,27,29). The number of nitrogens with one attached hydrogen (secondary N) is 1. The summed E-state index contributed by atoms with van der Waals surface area (Å²) in [5.41, 5.74) is 5.12. The first kappa shape index (κ1) is 18.8. The molecule has 0 saturated carbocycles. The van der Waals surface area contributed by atoms with E-state index in [2.05, 4.69) is 20.4 Å². The number of nitrogens with zero attached hydrogens (tertiary/aromatic N) is 4. The number of amides is 1. The average molecular weight is 404 g/mol. The van der Waals surface area contributed by atoms with Crippen molar-refractivity contribution in [1.82, 2.24) is 19.7 Å². The van der Waals surface area contributed by atoms with Crippen LogP contribution in [-0.4, -0.2) is 25.7 Å². The normalized spacial score (nSPS) is 10.7. The molecule has 0 aliphatic rings. The molecule has 29 heavy (non-hydrogen) atoms. The molecule has 7 heteroatoms. The van der Waals surface area contributed by atoms with Crippen LogP contribution in [0.5, 0.6) is 0 Å². The average Bonchev–Trinajstić information content (AvgIpc) is 3.16. The molecule has 0 aliphatic heterocycles. The second-order valence-corrected chi connectivity index (χ2v) is 7.08. The Hall–Kier alpha value is -3.51. The summed E-state index contributed by atoms with van der Waals surface area (Å²) in [6.45, 7) is 1.87. The van der Waals surface area contributed by atoms with Crippen LogP contribution in [0.1, 0.15) is 15.9 Å². The van der Waals surface area contributed by atoms with E-state index in [0.717, 1.165) is 27.8 Å². The van der Waals surface area contributed by atoms with Gasteiger partial charge in [0.25, 0.3) is 5.91 Å². The molecule has 3 heterocycles. The van der Waals surface area contributed by atoms with Crippen LogP contribution in [-0.2, 0) is 7.05 Å². The molecule has 0 unspecified atom stereocenters. The molecule has 0 bridgehead atoms. The van der Waals surface area contributed by atoms with Gasteiger partial charge < -0.3 is 5.32 Å². The first-order valence-electron chi connectivity index (χ1n) is 8.98. The van der Waals surface area contributed by atoms with Crippen LogP contribution in [0.15, 0.2) is 67.4 Å². The van der Waals surface area contributed by atoms with Gasteiger partial charge in [-0.05, 0) is 48.4 Å². The lowest BCUT2D eigenvalue weighted by Gasteiger charge is -2.09. The van der Waals surface area contributed by atoms with Crippen LogP contribution in [0, 0.1) is 6.92 Å². The number of aromatic nitrogens is 4. The van der Waals surface area contributed by atoms with Gasteiger partial charge in [0.05, 0.1) is 11.8 Å². The molecule has 4 aromatic rings. The zero-order valence-electron chi connectivity index (χ0n) is 15.9. The predicted molar refractivity (Wildman–Crippen MR) is 114 cm³/mol. The molecule has 0 aliphatic carbocycles. The number of hydrogen-bond acceptors (Lipinski definition) is 4. The minimum Gasteiger partial charge on any atom is -0.307 e. The maximum absolute atomic E-state index is 12.4. The zero-order chi connectivity index (χ0) is 20.4. The highest BCUT2D eigenvalue weighted by atomic mass is 35.5. The van der Waals surface area contributed by atoms with Gasteiger partial charge in [0.1, 0.15) is 5.82 Å². The highest BCUT2D eigenvalue weighted by Gasteiger charge is 2.11. The Morgan fingerprint density at radius 2 is 1.86 bits per heavy atom. The molecule has 0 saturated heterocycles. The molecule has 144 valence electrons. The molecule has 1 amide bonds. The smallest absolute Gasteiger partial charge is 0.258 e. The molecular formula is C22H18ClN5O. The Bertz CT molecular complexity index is 1180. The minimum atomic E-state index is -0.243. The number of pyridine rings is 2. The van der Waals surface area contributed by atoms with Crippen LogP contribution < -0.4 is 5.32 Å². The fourth-order valence-corrected chi connectivity index (χ4v) is 3.24. The van der Waals surface area contributed by atoms with Crippen LogP contribution >= 0.6 is 11.6 Å². The summed E-state index contributed by atoms with van der Waals surface area (Å²) < 4.78 is 1.76. The van der Waals surface area contributed by atoms with Gasteiger partial charge in [0, 0.05) is 53.5 Å². The number of aryl methyl sites for hydroxylation is 2. The fraction of sp³-hybridized carbons (Fsp3) is 0.0909. The zero-order valence-corrected chi connectivity index (χ0v) is 16.7. The van der Waals surface area contributed by atoms with Crippen molar-refractivity contribution in [2.75, 3.05) is 5.32 Å². The molecule has 0 radical (unpaired) electrons. The van der Waals surface area contributed by atoms with E-state index in [1.807, 2.05) is 50.6 Å². The SMILES string of the molecule is Cc1ccncc1C(=O)Nc1ccc(-c2cc(-c3cnn(C)c3)ccc2Cl)cn1. The Balaban J connectivity index is 1.58. The molecule has 6 nitrogen and oxygen atoms in total. The lowest BCUT2D eigenvalue weighted by molar-refractivity contribution is 0.102. The van der Waals surface area contributed by atoms with E-state index in [0.29, 0.717) is 16.4 Å². The molecule has 0 spiro atoms. The number of benzene rings is 1. The topological polar surface area (TPSA) is 72.7 Å². The van der Waals surface area contributed by atoms with Crippen molar-refractivity contribution < 1.29 is 4.79 Å². The number of anilines is 1. The van der Waals surface area contributed by atoms with Gasteiger partial charge in [0.2, 0.25) is 0 Å². The quantitative estimate of drug-likeness (QED) is 0.533. The summed E-state index contributed by atoms with van der Waals surface area (Å²) >= 11 is 6.42. The summed E-state index contributed by atoms with van der Waals surface area (Å²) in [5.74, 6) is 0.217. The first-order valence-corrected chi connectivity index (χ1v) is 9.36. The Morgan fingerprint density at radius 3 is 2.55 bits per heavy atom. The summed E-state index contributed by atoms with van der Waals surface area (Å²) in [5, 5.41) is 7.64. The van der Waals surface area contributed by atoms with Crippen molar-refractivity contribution in [3.8, 4) is 22.3 Å². The largest absolute Gasteiger partial charge is 0.307 e. The number of hydrogen-bond donors (Lipinski definition) is 1. The highest BCUT2D eigenvalue weighted by molar-refractivity contribution is 6.33. The second kappa shape index (κ2) is 7.85. The first-order chi connectivity index (χ1) is 14.0. The lowest BCUT2D eigenvalue weighted by Crippen LogP contribution is -2.14. The van der Waals surface area contributed by atoms with Crippen molar-refractivity contribution in [2.24, 2.45) is 7.05 Å². The highest BCUT2D eigenvalue weighted by Crippen LogP contribution is 2.32. The van der Waals surface area contributed by atoms with Gasteiger partial charge in [-0.25, -0.2) is 4.98 Å². The van der Waals surface area contributed by atoms with E-state index in [4.69, 9.17) is 11.6 Å². The minimum absolute atomic E-state index is 0.243. The third kappa shape index (κ3) is 4.02. The number of halogens is 1. The number of carbonyl (C=O) groups excluding carboxylic acids is 1. The van der Waals surface area contributed by atoms with E-state index >= 15 is 0 Å². The molecular weight excluding hydrogens is 386 g/mol. The predicted octanol–water partition coefficient (Wildman–Crippen LogP) is 4.76. The van der Waals surface area contributed by atoms with Crippen molar-refractivity contribution in [3.63, 3.8) is 0 Å². The van der Waals surface area contributed by atoms with Crippen molar-refractivity contribution >= 4 is 23.3 Å². The third-order valence-corrected chi connectivity index (χ3v) is 4.93. The van der Waals surface area contributed by atoms with Gasteiger partial charge in [-0.15, -0.1) is 0 Å². The molecule has 0 fully saturated rings. The van der Waals surface area contributed by atoms with Gasteiger partial charge in [-0.1, -0.05) is 17.7 Å². The maximum Gasteiger partial charge on any atom is 0.258 e. The van der Waals surface area contributed by atoms with Gasteiger partial charge in [0.15, 0.2) is 0 Å². The van der Waals surface area contributed by atoms with Crippen LogP contribution in [0.25, 0.3) is 22.3 Å². The van der Waals surface area contributed by atoms with E-state index in [1.54, 1.807) is 35.4 Å². The van der Waals surface area contributed by atoms with Crippen LogP contribution in [0.2, 0.25) is 5.02 Å². The molecule has 1 N–H and O–H groups in total. The van der Waals surface area contributed by atoms with Crippen molar-refractivity contribution in [1.29, 1.82) is 0 Å². The summed E-state index contributed by atoms with van der Waals surface area (Å²) in [4.78, 5) is 20.8. The van der Waals surface area contributed by atoms with Gasteiger partial charge in [-0.2, -0.15) is 5.10 Å². The fourth-order valence-electron chi connectivity index (χ4n) is 3.01. The van der Waals surface area contributed by atoms with Gasteiger partial charge in [-0.3, -0.25) is 14.5 Å². The van der Waals surface area contributed by atoms with Gasteiger partial charge >= 0.3 is 0 Å². The van der Waals surface area contributed by atoms with Crippen LogP contribution in [0.4, 0.5) is 5.82 Å². The van der Waals surface area contributed by atoms with Crippen LogP contribution in [0.3, 0.4) is 0 Å². The third-order valence-electron chi connectivity index (χ3n) is 4.60. The molecule has 3 aromatic heterocycles. The second-order valence-electron chi connectivity index (χ2n) is 6.67. The van der Waals surface area contributed by atoms with E-state index in [1.165, 1.54) is 0 Å². The van der Waals surface area contributed by atoms with E-state index < -0.39 is 0 Å². The Labute approximate surface area is 173 Å². The molecule has 1 aromatic carbocycles. The summed E-state index contributed by atoms with van der Waals surface area (Å²) in [7, 11) is 1.88. The maximum atomic E-state index is 12.4.